The minimum absolute atomic E-state index is 0.0250. The number of nitrogens with one attached hydrogen (secondary N) is 3. The SMILES string of the molecule is CC(C)C(NC(=O)C(CS)NC(=O)C1CCCN1C(=O)C(N)Cc1c[nH]c2ccccc12)C(=O)O. The van der Waals surface area contributed by atoms with Crippen LogP contribution in [0.5, 0.6) is 0 Å². The summed E-state index contributed by atoms with van der Waals surface area (Å²) >= 11 is 4.15. The fourth-order valence-electron chi connectivity index (χ4n) is 4.37. The fourth-order valence-corrected chi connectivity index (χ4v) is 4.63. The van der Waals surface area contributed by atoms with E-state index >= 15 is 0 Å². The van der Waals surface area contributed by atoms with Crippen LogP contribution in [-0.4, -0.2) is 75.1 Å². The highest BCUT2D eigenvalue weighted by atomic mass is 32.1. The highest BCUT2D eigenvalue weighted by Crippen LogP contribution is 2.22. The Morgan fingerprint density at radius 3 is 2.60 bits per heavy atom. The fraction of sp³-hybridized carbons (Fsp3) is 0.500. The van der Waals surface area contributed by atoms with Crippen molar-refractivity contribution >= 4 is 47.2 Å². The summed E-state index contributed by atoms with van der Waals surface area (Å²) in [7, 11) is 0. The predicted octanol–water partition coefficient (Wildman–Crippen LogP) is 0.669. The van der Waals surface area contributed by atoms with Crippen molar-refractivity contribution in [1.29, 1.82) is 0 Å². The third kappa shape index (κ3) is 6.15. The molecule has 4 unspecified atom stereocenters. The zero-order valence-corrected chi connectivity index (χ0v) is 20.8. The van der Waals surface area contributed by atoms with Gasteiger partial charge in [-0.05, 0) is 36.8 Å². The molecule has 190 valence electrons. The molecule has 0 spiro atoms. The molecule has 3 amide bonds. The molecular formula is C24H33N5O5S. The molecule has 3 rings (SSSR count). The Balaban J connectivity index is 1.64. The molecule has 0 radical (unpaired) electrons. The second-order valence-electron chi connectivity index (χ2n) is 9.17. The number of likely N-dealkylation sites (tertiary alicyclic amines) is 1. The summed E-state index contributed by atoms with van der Waals surface area (Å²) in [5.74, 6) is -2.97. The molecule has 1 aromatic heterocycles. The molecule has 1 saturated heterocycles. The van der Waals surface area contributed by atoms with Crippen molar-refractivity contribution in [2.75, 3.05) is 12.3 Å². The average Bonchev–Trinajstić information content (AvgIpc) is 3.47. The molecular weight excluding hydrogens is 470 g/mol. The molecule has 10 nitrogen and oxygen atoms in total. The molecule has 6 N–H and O–H groups in total. The summed E-state index contributed by atoms with van der Waals surface area (Å²) in [4.78, 5) is 54.8. The minimum Gasteiger partial charge on any atom is -0.480 e. The molecule has 0 aliphatic carbocycles. The molecule has 0 saturated carbocycles. The number of carboxylic acid groups (broad SMARTS) is 1. The number of amides is 3. The Morgan fingerprint density at radius 1 is 1.23 bits per heavy atom. The number of hydrogen-bond acceptors (Lipinski definition) is 6. The number of hydrogen-bond donors (Lipinski definition) is 6. The van der Waals surface area contributed by atoms with E-state index in [0.717, 1.165) is 16.5 Å². The molecule has 2 heterocycles. The quantitative estimate of drug-likeness (QED) is 0.262. The highest BCUT2D eigenvalue weighted by Gasteiger charge is 2.38. The topological polar surface area (TPSA) is 158 Å². The van der Waals surface area contributed by atoms with Gasteiger partial charge in [0.25, 0.3) is 0 Å². The average molecular weight is 504 g/mol. The van der Waals surface area contributed by atoms with Crippen LogP contribution >= 0.6 is 12.6 Å². The first kappa shape index (κ1) is 26.6. The number of aromatic amines is 1. The van der Waals surface area contributed by atoms with E-state index in [2.05, 4.69) is 28.2 Å². The van der Waals surface area contributed by atoms with Crippen LogP contribution < -0.4 is 16.4 Å². The molecule has 11 heteroatoms. The van der Waals surface area contributed by atoms with Gasteiger partial charge in [-0.3, -0.25) is 14.4 Å². The van der Waals surface area contributed by atoms with Crippen LogP contribution in [0.4, 0.5) is 0 Å². The van der Waals surface area contributed by atoms with E-state index in [0.29, 0.717) is 25.8 Å². The Morgan fingerprint density at radius 2 is 1.94 bits per heavy atom. The van der Waals surface area contributed by atoms with E-state index in [1.807, 2.05) is 30.5 Å². The smallest absolute Gasteiger partial charge is 0.326 e. The van der Waals surface area contributed by atoms with Crippen molar-refractivity contribution in [2.45, 2.75) is 57.3 Å². The summed E-state index contributed by atoms with van der Waals surface area (Å²) in [5.41, 5.74) is 8.14. The van der Waals surface area contributed by atoms with Crippen molar-refractivity contribution in [3.63, 3.8) is 0 Å². The minimum atomic E-state index is -1.16. The van der Waals surface area contributed by atoms with E-state index in [1.165, 1.54) is 4.90 Å². The van der Waals surface area contributed by atoms with Crippen molar-refractivity contribution in [3.8, 4) is 0 Å². The van der Waals surface area contributed by atoms with Gasteiger partial charge in [0.05, 0.1) is 6.04 Å². The number of aliphatic carboxylic acids is 1. The first-order valence-electron chi connectivity index (χ1n) is 11.7. The number of para-hydroxylation sites is 1. The zero-order chi connectivity index (χ0) is 25.7. The number of carbonyl (C=O) groups is 4. The monoisotopic (exact) mass is 503 g/mol. The maximum absolute atomic E-state index is 13.2. The first-order chi connectivity index (χ1) is 16.6. The number of thiol groups is 1. The number of carboxylic acids is 1. The first-order valence-corrected chi connectivity index (χ1v) is 12.3. The number of nitrogens with zero attached hydrogens (tertiary/aromatic N) is 1. The lowest BCUT2D eigenvalue weighted by Crippen LogP contribution is -2.57. The van der Waals surface area contributed by atoms with Gasteiger partial charge in [-0.2, -0.15) is 12.6 Å². The van der Waals surface area contributed by atoms with E-state index in [-0.39, 0.29) is 17.6 Å². The molecule has 2 aromatic rings. The van der Waals surface area contributed by atoms with Crippen LogP contribution in [0.1, 0.15) is 32.3 Å². The van der Waals surface area contributed by atoms with Crippen LogP contribution in [-0.2, 0) is 25.6 Å². The van der Waals surface area contributed by atoms with Gasteiger partial charge >= 0.3 is 5.97 Å². The highest BCUT2D eigenvalue weighted by molar-refractivity contribution is 7.80. The van der Waals surface area contributed by atoms with Gasteiger partial charge < -0.3 is 31.4 Å². The number of fused-ring (bicyclic) bond motifs is 1. The van der Waals surface area contributed by atoms with Crippen LogP contribution in [0.15, 0.2) is 30.5 Å². The van der Waals surface area contributed by atoms with E-state index in [4.69, 9.17) is 5.73 Å². The maximum Gasteiger partial charge on any atom is 0.326 e. The summed E-state index contributed by atoms with van der Waals surface area (Å²) in [6.45, 7) is 3.74. The third-order valence-electron chi connectivity index (χ3n) is 6.32. The van der Waals surface area contributed by atoms with Gasteiger partial charge in [0.15, 0.2) is 0 Å². The number of nitrogens with two attached hydrogens (primary N) is 1. The predicted molar refractivity (Wildman–Crippen MR) is 135 cm³/mol. The lowest BCUT2D eigenvalue weighted by molar-refractivity contribution is -0.144. The number of benzene rings is 1. The number of carbonyl (C=O) groups excluding carboxylic acids is 3. The number of H-pyrrole nitrogens is 1. The van der Waals surface area contributed by atoms with Gasteiger partial charge in [0.2, 0.25) is 17.7 Å². The van der Waals surface area contributed by atoms with E-state index in [1.54, 1.807) is 13.8 Å². The van der Waals surface area contributed by atoms with Crippen molar-refractivity contribution in [2.24, 2.45) is 11.7 Å². The third-order valence-corrected chi connectivity index (χ3v) is 6.68. The normalized spacial score (nSPS) is 18.3. The zero-order valence-electron chi connectivity index (χ0n) is 19.9. The molecule has 0 bridgehead atoms. The Bertz CT molecular complexity index is 1090. The van der Waals surface area contributed by atoms with Crippen LogP contribution in [0.25, 0.3) is 10.9 Å². The number of rotatable bonds is 10. The summed E-state index contributed by atoms with van der Waals surface area (Å²) in [6, 6.07) is 4.03. The summed E-state index contributed by atoms with van der Waals surface area (Å²) < 4.78 is 0. The van der Waals surface area contributed by atoms with Gasteiger partial charge in [-0.1, -0.05) is 32.0 Å². The van der Waals surface area contributed by atoms with Gasteiger partial charge in [0.1, 0.15) is 18.1 Å². The lowest BCUT2D eigenvalue weighted by Gasteiger charge is -2.28. The standard InChI is InChI=1S/C24H33N5O5S/c1-13(2)20(24(33)34)28-21(30)18(12-35)27-22(31)19-8-5-9-29(19)23(32)16(25)10-14-11-26-17-7-4-3-6-15(14)17/h3-4,6-7,11,13,16,18-20,26,35H,5,8-10,12,25H2,1-2H3,(H,27,31)(H,28,30)(H,33,34). The Labute approximate surface area is 209 Å². The largest absolute Gasteiger partial charge is 0.480 e. The van der Waals surface area contributed by atoms with Crippen LogP contribution in [0.2, 0.25) is 0 Å². The Kier molecular flexibility index (Phi) is 8.79. The van der Waals surface area contributed by atoms with E-state index in [9.17, 15) is 24.3 Å². The van der Waals surface area contributed by atoms with Gasteiger partial charge in [-0.25, -0.2) is 4.79 Å². The molecule has 1 aliphatic heterocycles. The van der Waals surface area contributed by atoms with Crippen LogP contribution in [0.3, 0.4) is 0 Å². The van der Waals surface area contributed by atoms with Crippen LogP contribution in [0, 0.1) is 5.92 Å². The van der Waals surface area contributed by atoms with Crippen molar-refractivity contribution < 1.29 is 24.3 Å². The Hall–Kier alpha value is -3.05. The second-order valence-corrected chi connectivity index (χ2v) is 9.54. The lowest BCUT2D eigenvalue weighted by atomic mass is 10.0. The molecule has 1 fully saturated rings. The molecule has 35 heavy (non-hydrogen) atoms. The van der Waals surface area contributed by atoms with Crippen molar-refractivity contribution in [1.82, 2.24) is 20.5 Å². The summed E-state index contributed by atoms with van der Waals surface area (Å²) in [5, 5.41) is 15.4. The van der Waals surface area contributed by atoms with Crippen molar-refractivity contribution in [3.05, 3.63) is 36.0 Å². The number of aromatic nitrogens is 1. The molecule has 4 atom stereocenters. The second kappa shape index (κ2) is 11.6. The summed E-state index contributed by atoms with van der Waals surface area (Å²) in [6.07, 6.45) is 3.24. The molecule has 1 aliphatic rings. The molecule has 1 aromatic carbocycles. The van der Waals surface area contributed by atoms with Gasteiger partial charge in [0, 0.05) is 29.4 Å². The van der Waals surface area contributed by atoms with Gasteiger partial charge in [-0.15, -0.1) is 0 Å². The maximum atomic E-state index is 13.2. The van der Waals surface area contributed by atoms with E-state index < -0.39 is 42.0 Å².